The van der Waals surface area contributed by atoms with Gasteiger partial charge in [0.05, 0.1) is 12.0 Å². The van der Waals surface area contributed by atoms with Gasteiger partial charge >= 0.3 is 0 Å². The number of hydrogen-bond donors (Lipinski definition) is 0. The second-order valence-corrected chi connectivity index (χ2v) is 2.74. The average Bonchev–Trinajstić information content (AvgIpc) is 2.04. The molecule has 0 radical (unpaired) electrons. The normalized spacial score (nSPS) is 15.3. The third kappa shape index (κ3) is 1.01. The zero-order valence-electron chi connectivity index (χ0n) is 6.54. The van der Waals surface area contributed by atoms with Crippen LogP contribution in [0.5, 0.6) is 5.75 Å². The van der Waals surface area contributed by atoms with E-state index in [0.29, 0.717) is 23.5 Å². The molecule has 12 heavy (non-hydrogen) atoms. The van der Waals surface area contributed by atoms with Crippen LogP contribution in [0.3, 0.4) is 0 Å². The molecule has 0 saturated carbocycles. The maximum absolute atomic E-state index is 11.4. The Labute approximate surface area is 70.5 Å². The minimum atomic E-state index is 0.0850. The van der Waals surface area contributed by atoms with E-state index in [4.69, 9.17) is 4.74 Å². The van der Waals surface area contributed by atoms with E-state index < -0.39 is 0 Å². The molecular formula is C10H8O2. The minimum absolute atomic E-state index is 0.0850. The van der Waals surface area contributed by atoms with Crippen molar-refractivity contribution >= 4 is 5.78 Å². The first kappa shape index (κ1) is 7.10. The lowest BCUT2D eigenvalue weighted by molar-refractivity contribution is 0.0965. The molecule has 0 unspecified atom stereocenters. The summed E-state index contributed by atoms with van der Waals surface area (Å²) in [4.78, 5) is 11.4. The summed E-state index contributed by atoms with van der Waals surface area (Å²) in [5.41, 5.74) is 0.657. The number of Topliss-reactive ketones (excluding diaryl/α,β-unsaturated/α-hetero) is 1. The molecule has 0 N–H and O–H groups in total. The van der Waals surface area contributed by atoms with Gasteiger partial charge in [-0.15, -0.1) is 0 Å². The van der Waals surface area contributed by atoms with E-state index >= 15 is 0 Å². The molecule has 0 aromatic heterocycles. The van der Waals surface area contributed by atoms with Crippen LogP contribution in [-0.2, 0) is 0 Å². The fourth-order valence-electron chi connectivity index (χ4n) is 1.25. The molecule has 0 atom stereocenters. The smallest absolute Gasteiger partial charge is 0.174 e. The highest BCUT2D eigenvalue weighted by Crippen LogP contribution is 2.27. The molecule has 0 amide bonds. The number of allylic oxidation sites excluding steroid dienone is 1. The lowest BCUT2D eigenvalue weighted by Crippen LogP contribution is -2.12. The van der Waals surface area contributed by atoms with Crippen molar-refractivity contribution in [2.75, 3.05) is 0 Å². The van der Waals surface area contributed by atoms with Crippen LogP contribution in [0.25, 0.3) is 0 Å². The quantitative estimate of drug-likeness (QED) is 0.581. The van der Waals surface area contributed by atoms with Crippen molar-refractivity contribution in [2.45, 2.75) is 6.42 Å². The molecule has 0 fully saturated rings. The molecular weight excluding hydrogens is 152 g/mol. The number of carbonyl (C=O) groups is 1. The Morgan fingerprint density at radius 2 is 2.08 bits per heavy atom. The van der Waals surface area contributed by atoms with Gasteiger partial charge in [-0.2, -0.15) is 0 Å². The van der Waals surface area contributed by atoms with E-state index in [2.05, 4.69) is 6.58 Å². The highest BCUT2D eigenvalue weighted by molar-refractivity contribution is 6.00. The number of hydrogen-bond acceptors (Lipinski definition) is 2. The summed E-state index contributed by atoms with van der Waals surface area (Å²) in [5, 5.41) is 0. The van der Waals surface area contributed by atoms with Crippen molar-refractivity contribution in [3.8, 4) is 5.75 Å². The van der Waals surface area contributed by atoms with Crippen LogP contribution in [0.4, 0.5) is 0 Å². The van der Waals surface area contributed by atoms with Crippen LogP contribution in [0.2, 0.25) is 0 Å². The first-order chi connectivity index (χ1) is 5.77. The van der Waals surface area contributed by atoms with Crippen LogP contribution in [-0.4, -0.2) is 5.78 Å². The van der Waals surface area contributed by atoms with Crippen LogP contribution in [0.15, 0.2) is 36.6 Å². The van der Waals surface area contributed by atoms with Gasteiger partial charge in [-0.3, -0.25) is 4.79 Å². The van der Waals surface area contributed by atoms with Crippen LogP contribution < -0.4 is 4.74 Å². The molecule has 1 heterocycles. The fourth-order valence-corrected chi connectivity index (χ4v) is 1.25. The van der Waals surface area contributed by atoms with Crippen molar-refractivity contribution in [1.82, 2.24) is 0 Å². The molecule has 1 aliphatic heterocycles. The number of benzene rings is 1. The molecule has 2 nitrogen and oxygen atoms in total. The highest BCUT2D eigenvalue weighted by Gasteiger charge is 2.19. The summed E-state index contributed by atoms with van der Waals surface area (Å²) < 4.78 is 5.29. The Bertz CT molecular complexity index is 353. The maximum Gasteiger partial charge on any atom is 0.174 e. The summed E-state index contributed by atoms with van der Waals surface area (Å²) >= 11 is 0. The summed E-state index contributed by atoms with van der Waals surface area (Å²) in [6, 6.07) is 7.21. The monoisotopic (exact) mass is 160 g/mol. The summed E-state index contributed by atoms with van der Waals surface area (Å²) in [6.45, 7) is 3.62. The third-order valence-electron chi connectivity index (χ3n) is 1.80. The molecule has 1 aromatic carbocycles. The van der Waals surface area contributed by atoms with E-state index in [1.807, 2.05) is 12.1 Å². The Balaban J connectivity index is 2.54. The molecule has 60 valence electrons. The molecule has 1 aromatic rings. The van der Waals surface area contributed by atoms with E-state index in [1.165, 1.54) is 0 Å². The Morgan fingerprint density at radius 1 is 1.33 bits per heavy atom. The molecule has 2 rings (SSSR count). The number of rotatable bonds is 0. The van der Waals surface area contributed by atoms with Crippen molar-refractivity contribution in [3.05, 3.63) is 42.2 Å². The van der Waals surface area contributed by atoms with Crippen LogP contribution in [0.1, 0.15) is 16.8 Å². The lowest BCUT2D eigenvalue weighted by Gasteiger charge is -2.16. The van der Waals surface area contributed by atoms with E-state index in [9.17, 15) is 4.79 Å². The Hall–Kier alpha value is -1.57. The van der Waals surface area contributed by atoms with Gasteiger partial charge in [0.15, 0.2) is 5.78 Å². The van der Waals surface area contributed by atoms with Crippen LogP contribution >= 0.6 is 0 Å². The number of carbonyl (C=O) groups excluding carboxylic acids is 1. The highest BCUT2D eigenvalue weighted by atomic mass is 16.5. The molecule has 0 saturated heterocycles. The maximum atomic E-state index is 11.4. The zero-order chi connectivity index (χ0) is 8.55. The number of ether oxygens (including phenoxy) is 1. The van der Waals surface area contributed by atoms with E-state index in [-0.39, 0.29) is 5.78 Å². The van der Waals surface area contributed by atoms with Crippen molar-refractivity contribution in [2.24, 2.45) is 0 Å². The zero-order valence-corrected chi connectivity index (χ0v) is 6.54. The molecule has 0 bridgehead atoms. The van der Waals surface area contributed by atoms with Crippen molar-refractivity contribution < 1.29 is 9.53 Å². The van der Waals surface area contributed by atoms with Gasteiger partial charge < -0.3 is 4.74 Å². The second kappa shape index (κ2) is 2.48. The predicted molar refractivity (Wildman–Crippen MR) is 45.2 cm³/mol. The fraction of sp³-hybridized carbons (Fsp3) is 0.100. The largest absolute Gasteiger partial charge is 0.461 e. The number of para-hydroxylation sites is 1. The Kier molecular flexibility index (Phi) is 1.47. The number of fused-ring (bicyclic) bond motifs is 1. The first-order valence-electron chi connectivity index (χ1n) is 3.75. The SMILES string of the molecule is C=C1CC(=O)c2ccccc2O1. The molecule has 0 aliphatic carbocycles. The topological polar surface area (TPSA) is 26.3 Å². The second-order valence-electron chi connectivity index (χ2n) is 2.74. The van der Waals surface area contributed by atoms with Crippen molar-refractivity contribution in [3.63, 3.8) is 0 Å². The summed E-state index contributed by atoms with van der Waals surface area (Å²) in [6.07, 6.45) is 0.303. The van der Waals surface area contributed by atoms with E-state index in [1.54, 1.807) is 12.1 Å². The minimum Gasteiger partial charge on any atom is -0.461 e. The van der Waals surface area contributed by atoms with Gasteiger partial charge in [0, 0.05) is 0 Å². The number of ketones is 1. The van der Waals surface area contributed by atoms with Gasteiger partial charge in [0.1, 0.15) is 11.5 Å². The lowest BCUT2D eigenvalue weighted by atomic mass is 10.0. The van der Waals surface area contributed by atoms with Gasteiger partial charge in [0.2, 0.25) is 0 Å². The van der Waals surface area contributed by atoms with Gasteiger partial charge in [0.25, 0.3) is 0 Å². The average molecular weight is 160 g/mol. The van der Waals surface area contributed by atoms with Crippen LogP contribution in [0, 0.1) is 0 Å². The Morgan fingerprint density at radius 3 is 2.92 bits per heavy atom. The first-order valence-corrected chi connectivity index (χ1v) is 3.75. The summed E-state index contributed by atoms with van der Waals surface area (Å²) in [7, 11) is 0. The van der Waals surface area contributed by atoms with Gasteiger partial charge in [-0.1, -0.05) is 18.7 Å². The predicted octanol–water partition coefficient (Wildman–Crippen LogP) is 2.17. The molecule has 1 aliphatic rings. The van der Waals surface area contributed by atoms with Crippen molar-refractivity contribution in [1.29, 1.82) is 0 Å². The van der Waals surface area contributed by atoms with E-state index in [0.717, 1.165) is 0 Å². The molecule has 2 heteroatoms. The third-order valence-corrected chi connectivity index (χ3v) is 1.80. The summed E-state index contributed by atoms with van der Waals surface area (Å²) in [5.74, 6) is 1.24. The van der Waals surface area contributed by atoms with Gasteiger partial charge in [-0.05, 0) is 12.1 Å². The standard InChI is InChI=1S/C10H8O2/c1-7-6-9(11)8-4-2-3-5-10(8)12-7/h2-5H,1,6H2. The molecule has 0 spiro atoms. The van der Waals surface area contributed by atoms with Gasteiger partial charge in [-0.25, -0.2) is 0 Å².